The quantitative estimate of drug-likeness (QED) is 0.786. The third kappa shape index (κ3) is 3.70. The van der Waals surface area contributed by atoms with Crippen molar-refractivity contribution in [2.75, 3.05) is 20.8 Å². The smallest absolute Gasteiger partial charge is 0.240 e. The lowest BCUT2D eigenvalue weighted by molar-refractivity contribution is -0.0960. The minimum atomic E-state index is -3.93. The first-order chi connectivity index (χ1) is 8.40. The number of sulfonamides is 1. The SMILES string of the molecule is COC(CNS(=O)(=O)c1ccc(F)c(F)c1)OC. The zero-order valence-electron chi connectivity index (χ0n) is 9.81. The first-order valence-electron chi connectivity index (χ1n) is 4.91. The van der Waals surface area contributed by atoms with Gasteiger partial charge in [0.2, 0.25) is 10.0 Å². The monoisotopic (exact) mass is 281 g/mol. The van der Waals surface area contributed by atoms with Crippen molar-refractivity contribution in [3.8, 4) is 0 Å². The molecule has 0 unspecified atom stereocenters. The van der Waals surface area contributed by atoms with Crippen molar-refractivity contribution in [3.63, 3.8) is 0 Å². The van der Waals surface area contributed by atoms with Gasteiger partial charge in [-0.05, 0) is 18.2 Å². The molecular formula is C10H13F2NO4S. The summed E-state index contributed by atoms with van der Waals surface area (Å²) in [5, 5.41) is 0. The Hall–Kier alpha value is -1.09. The molecule has 102 valence electrons. The van der Waals surface area contributed by atoms with E-state index in [1.807, 2.05) is 0 Å². The molecule has 18 heavy (non-hydrogen) atoms. The number of rotatable bonds is 6. The molecule has 1 rings (SSSR count). The highest BCUT2D eigenvalue weighted by Gasteiger charge is 2.18. The normalized spacial score (nSPS) is 12.1. The molecule has 1 aromatic carbocycles. The second-order valence-corrected chi connectivity index (χ2v) is 5.10. The van der Waals surface area contributed by atoms with Gasteiger partial charge in [0.05, 0.1) is 11.4 Å². The van der Waals surface area contributed by atoms with Crippen LogP contribution >= 0.6 is 0 Å². The summed E-state index contributed by atoms with van der Waals surface area (Å²) in [6.45, 7) is -0.145. The average molecular weight is 281 g/mol. The summed E-state index contributed by atoms with van der Waals surface area (Å²) in [7, 11) is -1.24. The average Bonchev–Trinajstić information content (AvgIpc) is 2.33. The highest BCUT2D eigenvalue weighted by Crippen LogP contribution is 2.13. The van der Waals surface area contributed by atoms with Gasteiger partial charge in [0.1, 0.15) is 0 Å². The van der Waals surface area contributed by atoms with Crippen LogP contribution in [0.15, 0.2) is 23.1 Å². The van der Waals surface area contributed by atoms with Crippen molar-refractivity contribution in [1.82, 2.24) is 4.72 Å². The van der Waals surface area contributed by atoms with Crippen LogP contribution in [0.25, 0.3) is 0 Å². The molecule has 0 heterocycles. The van der Waals surface area contributed by atoms with Gasteiger partial charge in [0.25, 0.3) is 0 Å². The van der Waals surface area contributed by atoms with Gasteiger partial charge in [-0.25, -0.2) is 21.9 Å². The Labute approximate surface area is 104 Å². The number of halogens is 2. The minimum Gasteiger partial charge on any atom is -0.355 e. The van der Waals surface area contributed by atoms with E-state index in [4.69, 9.17) is 9.47 Å². The van der Waals surface area contributed by atoms with Crippen LogP contribution in [0.4, 0.5) is 8.78 Å². The number of ether oxygens (including phenoxy) is 2. The fourth-order valence-electron chi connectivity index (χ4n) is 1.17. The lowest BCUT2D eigenvalue weighted by Crippen LogP contribution is -2.34. The van der Waals surface area contributed by atoms with Gasteiger partial charge in [-0.2, -0.15) is 0 Å². The molecule has 0 aliphatic carbocycles. The lowest BCUT2D eigenvalue weighted by Gasteiger charge is -2.14. The van der Waals surface area contributed by atoms with Gasteiger partial charge in [-0.15, -0.1) is 0 Å². The van der Waals surface area contributed by atoms with Crippen LogP contribution < -0.4 is 4.72 Å². The van der Waals surface area contributed by atoms with Gasteiger partial charge >= 0.3 is 0 Å². The van der Waals surface area contributed by atoms with E-state index in [0.717, 1.165) is 12.1 Å². The molecule has 0 fully saturated rings. The van der Waals surface area contributed by atoms with Crippen LogP contribution in [0, 0.1) is 11.6 Å². The number of methoxy groups -OCH3 is 2. The zero-order valence-corrected chi connectivity index (χ0v) is 10.6. The zero-order chi connectivity index (χ0) is 13.8. The minimum absolute atomic E-state index is 0.145. The van der Waals surface area contributed by atoms with Crippen molar-refractivity contribution in [2.45, 2.75) is 11.2 Å². The van der Waals surface area contributed by atoms with Crippen LogP contribution in [0.1, 0.15) is 0 Å². The predicted octanol–water partition coefficient (Wildman–Crippen LogP) is 0.862. The molecule has 0 amide bonds. The molecule has 0 bridgehead atoms. The molecule has 1 aromatic rings. The maximum absolute atomic E-state index is 12.9. The van der Waals surface area contributed by atoms with Crippen LogP contribution in [0.5, 0.6) is 0 Å². The van der Waals surface area contributed by atoms with E-state index in [0.29, 0.717) is 6.07 Å². The van der Waals surface area contributed by atoms with Gasteiger partial charge in [0, 0.05) is 14.2 Å². The van der Waals surface area contributed by atoms with E-state index in [1.165, 1.54) is 14.2 Å². The van der Waals surface area contributed by atoms with Crippen molar-refractivity contribution in [1.29, 1.82) is 0 Å². The van der Waals surface area contributed by atoms with Gasteiger partial charge < -0.3 is 9.47 Å². The van der Waals surface area contributed by atoms with Gasteiger partial charge in [-0.3, -0.25) is 0 Å². The van der Waals surface area contributed by atoms with Crippen LogP contribution in [0.3, 0.4) is 0 Å². The van der Waals surface area contributed by atoms with Crippen molar-refractivity contribution < 1.29 is 26.7 Å². The number of hydrogen-bond acceptors (Lipinski definition) is 4. The summed E-state index contributed by atoms with van der Waals surface area (Å²) < 4.78 is 60.8. The molecule has 0 saturated heterocycles. The first kappa shape index (κ1) is 15.0. The first-order valence-corrected chi connectivity index (χ1v) is 6.39. The third-order valence-corrected chi connectivity index (χ3v) is 3.59. The van der Waals surface area contributed by atoms with E-state index in [1.54, 1.807) is 0 Å². The topological polar surface area (TPSA) is 64.6 Å². The molecule has 0 aliphatic heterocycles. The molecule has 5 nitrogen and oxygen atoms in total. The fourth-order valence-corrected chi connectivity index (χ4v) is 2.20. The van der Waals surface area contributed by atoms with E-state index in [9.17, 15) is 17.2 Å². The van der Waals surface area contributed by atoms with E-state index >= 15 is 0 Å². The highest BCUT2D eigenvalue weighted by atomic mass is 32.2. The molecule has 0 aliphatic rings. The summed E-state index contributed by atoms with van der Waals surface area (Å²) in [6, 6.07) is 2.32. The Balaban J connectivity index is 2.83. The predicted molar refractivity (Wildman–Crippen MR) is 59.4 cm³/mol. The summed E-state index contributed by atoms with van der Waals surface area (Å²) in [5.74, 6) is -2.34. The number of hydrogen-bond donors (Lipinski definition) is 1. The van der Waals surface area contributed by atoms with Crippen LogP contribution in [0.2, 0.25) is 0 Å². The maximum Gasteiger partial charge on any atom is 0.240 e. The molecule has 8 heteroatoms. The van der Waals surface area contributed by atoms with Gasteiger partial charge in [-0.1, -0.05) is 0 Å². The third-order valence-electron chi connectivity index (χ3n) is 2.17. The van der Waals surface area contributed by atoms with E-state index < -0.39 is 27.9 Å². The van der Waals surface area contributed by atoms with E-state index in [2.05, 4.69) is 4.72 Å². The van der Waals surface area contributed by atoms with Crippen LogP contribution in [-0.4, -0.2) is 35.5 Å². The molecule has 0 radical (unpaired) electrons. The molecule has 0 spiro atoms. The maximum atomic E-state index is 12.9. The molecule has 1 N–H and O–H groups in total. The van der Waals surface area contributed by atoms with Crippen molar-refractivity contribution >= 4 is 10.0 Å². The molecule has 0 aromatic heterocycles. The summed E-state index contributed by atoms with van der Waals surface area (Å²) in [5.41, 5.74) is 0. The Morgan fingerprint density at radius 3 is 2.33 bits per heavy atom. The van der Waals surface area contributed by atoms with E-state index in [-0.39, 0.29) is 11.4 Å². The Bertz CT molecular complexity index is 503. The Morgan fingerprint density at radius 2 is 1.83 bits per heavy atom. The molecule has 0 saturated carbocycles. The van der Waals surface area contributed by atoms with Crippen LogP contribution in [-0.2, 0) is 19.5 Å². The second kappa shape index (κ2) is 6.19. The number of nitrogens with one attached hydrogen (secondary N) is 1. The summed E-state index contributed by atoms with van der Waals surface area (Å²) in [6.07, 6.45) is -0.759. The summed E-state index contributed by atoms with van der Waals surface area (Å²) >= 11 is 0. The largest absolute Gasteiger partial charge is 0.355 e. The number of benzene rings is 1. The molecule has 0 atom stereocenters. The molecular weight excluding hydrogens is 268 g/mol. The van der Waals surface area contributed by atoms with Gasteiger partial charge in [0.15, 0.2) is 17.9 Å². The Kier molecular flexibility index (Phi) is 5.15. The Morgan fingerprint density at radius 1 is 1.22 bits per heavy atom. The summed E-state index contributed by atoms with van der Waals surface area (Å²) in [4.78, 5) is -0.368. The highest BCUT2D eigenvalue weighted by molar-refractivity contribution is 7.89. The lowest BCUT2D eigenvalue weighted by atomic mass is 10.3. The van der Waals surface area contributed by atoms with Crippen molar-refractivity contribution in [2.24, 2.45) is 0 Å². The van der Waals surface area contributed by atoms with Crippen molar-refractivity contribution in [3.05, 3.63) is 29.8 Å². The fraction of sp³-hybridized carbons (Fsp3) is 0.400. The standard InChI is InChI=1S/C10H13F2NO4S/c1-16-10(17-2)6-13-18(14,15)7-3-4-8(11)9(12)5-7/h3-5,10,13H,6H2,1-2H3. The second-order valence-electron chi connectivity index (χ2n) is 3.33.